The fourth-order valence-electron chi connectivity index (χ4n) is 2.35. The Kier molecular flexibility index (Phi) is 6.65. The lowest BCUT2D eigenvalue weighted by Crippen LogP contribution is -2.30. The van der Waals surface area contributed by atoms with Crippen molar-refractivity contribution in [2.24, 2.45) is 0 Å². The summed E-state index contributed by atoms with van der Waals surface area (Å²) in [6.45, 7) is 6.27. The van der Waals surface area contributed by atoms with Crippen LogP contribution in [-0.4, -0.2) is 26.4 Å². The van der Waals surface area contributed by atoms with Crippen LogP contribution in [0.1, 0.15) is 51.3 Å². The van der Waals surface area contributed by atoms with E-state index in [-0.39, 0.29) is 18.0 Å². The highest BCUT2D eigenvalue weighted by Crippen LogP contribution is 2.21. The third-order valence-corrected chi connectivity index (χ3v) is 4.50. The van der Waals surface area contributed by atoms with Crippen LogP contribution in [-0.2, 0) is 4.79 Å². The maximum absolute atomic E-state index is 12.3. The molecule has 0 bridgehead atoms. The zero-order chi connectivity index (χ0) is 16.7. The van der Waals surface area contributed by atoms with E-state index in [1.165, 1.54) is 11.8 Å². The molecule has 0 fully saturated rings. The largest absolute Gasteiger partial charge is 0.349 e. The average molecular weight is 332 g/mol. The van der Waals surface area contributed by atoms with Crippen LogP contribution in [0.5, 0.6) is 0 Å². The van der Waals surface area contributed by atoms with Gasteiger partial charge in [0.1, 0.15) is 6.33 Å². The molecule has 0 saturated carbocycles. The summed E-state index contributed by atoms with van der Waals surface area (Å²) in [7, 11) is 0. The van der Waals surface area contributed by atoms with E-state index < -0.39 is 0 Å². The standard InChI is InChI=1S/C17H24N4OS/c1-4-8-15(14-9-6-5-7-10-14)19-16(22)11-23-17-20-18-12-21(17)13(2)3/h5-7,9-10,12-13,15H,4,8,11H2,1-3H3,(H,19,22). The van der Waals surface area contributed by atoms with E-state index in [4.69, 9.17) is 0 Å². The molecular weight excluding hydrogens is 308 g/mol. The molecule has 23 heavy (non-hydrogen) atoms. The first-order chi connectivity index (χ1) is 11.1. The molecule has 5 nitrogen and oxygen atoms in total. The van der Waals surface area contributed by atoms with E-state index in [2.05, 4.69) is 48.4 Å². The third-order valence-electron chi connectivity index (χ3n) is 3.54. The minimum absolute atomic E-state index is 0.0237. The smallest absolute Gasteiger partial charge is 0.230 e. The molecule has 1 amide bonds. The van der Waals surface area contributed by atoms with E-state index in [1.54, 1.807) is 6.33 Å². The number of benzene rings is 1. The third kappa shape index (κ3) is 5.10. The molecule has 0 spiro atoms. The Balaban J connectivity index is 1.93. The van der Waals surface area contributed by atoms with E-state index >= 15 is 0 Å². The molecule has 1 aromatic carbocycles. The number of carbonyl (C=O) groups excluding carboxylic acids is 1. The summed E-state index contributed by atoms with van der Waals surface area (Å²) in [6.07, 6.45) is 3.66. The number of nitrogens with one attached hydrogen (secondary N) is 1. The number of amides is 1. The summed E-state index contributed by atoms with van der Waals surface area (Å²) in [5.41, 5.74) is 1.15. The molecule has 1 heterocycles. The molecule has 1 atom stereocenters. The summed E-state index contributed by atoms with van der Waals surface area (Å²) < 4.78 is 1.97. The van der Waals surface area contributed by atoms with Crippen LogP contribution in [0.2, 0.25) is 0 Å². The summed E-state index contributed by atoms with van der Waals surface area (Å²) in [4.78, 5) is 12.3. The van der Waals surface area contributed by atoms with Gasteiger partial charge in [-0.2, -0.15) is 0 Å². The predicted molar refractivity (Wildman–Crippen MR) is 93.4 cm³/mol. The molecule has 6 heteroatoms. The van der Waals surface area contributed by atoms with Crippen LogP contribution in [0.3, 0.4) is 0 Å². The maximum atomic E-state index is 12.3. The van der Waals surface area contributed by atoms with E-state index in [0.29, 0.717) is 5.75 Å². The summed E-state index contributed by atoms with van der Waals surface area (Å²) in [5, 5.41) is 11.9. The van der Waals surface area contributed by atoms with Crippen molar-refractivity contribution in [2.75, 3.05) is 5.75 Å². The zero-order valence-electron chi connectivity index (χ0n) is 13.9. The Morgan fingerprint density at radius 2 is 2.04 bits per heavy atom. The Labute approximate surface area is 141 Å². The highest BCUT2D eigenvalue weighted by molar-refractivity contribution is 7.99. The lowest BCUT2D eigenvalue weighted by Gasteiger charge is -2.18. The van der Waals surface area contributed by atoms with Gasteiger partial charge in [0.15, 0.2) is 5.16 Å². The van der Waals surface area contributed by atoms with Crippen LogP contribution in [0.25, 0.3) is 0 Å². The van der Waals surface area contributed by atoms with Crippen molar-refractivity contribution in [2.45, 2.75) is 50.9 Å². The molecular formula is C17H24N4OS. The lowest BCUT2D eigenvalue weighted by atomic mass is 10.0. The Morgan fingerprint density at radius 3 is 2.70 bits per heavy atom. The predicted octanol–water partition coefficient (Wildman–Crippen LogP) is 3.61. The second-order valence-corrected chi connectivity index (χ2v) is 6.67. The van der Waals surface area contributed by atoms with E-state index in [9.17, 15) is 4.79 Å². The molecule has 124 valence electrons. The number of nitrogens with zero attached hydrogens (tertiary/aromatic N) is 3. The topological polar surface area (TPSA) is 59.8 Å². The molecule has 1 unspecified atom stereocenters. The summed E-state index contributed by atoms with van der Waals surface area (Å²) >= 11 is 1.42. The van der Waals surface area contributed by atoms with Gasteiger partial charge in [0, 0.05) is 6.04 Å². The molecule has 1 aromatic heterocycles. The second-order valence-electron chi connectivity index (χ2n) is 5.72. The van der Waals surface area contributed by atoms with Gasteiger partial charge in [-0.05, 0) is 25.8 Å². The first kappa shape index (κ1) is 17.5. The molecule has 0 aliphatic carbocycles. The molecule has 0 aliphatic rings. The Hall–Kier alpha value is -1.82. The maximum Gasteiger partial charge on any atom is 0.230 e. The van der Waals surface area contributed by atoms with Gasteiger partial charge in [-0.15, -0.1) is 10.2 Å². The van der Waals surface area contributed by atoms with Gasteiger partial charge in [-0.1, -0.05) is 55.4 Å². The van der Waals surface area contributed by atoms with Crippen molar-refractivity contribution in [3.05, 3.63) is 42.2 Å². The first-order valence-electron chi connectivity index (χ1n) is 7.98. The normalized spacial score (nSPS) is 12.3. The van der Waals surface area contributed by atoms with Crippen molar-refractivity contribution in [3.63, 3.8) is 0 Å². The number of hydrogen-bond acceptors (Lipinski definition) is 4. The SMILES string of the molecule is CCCC(NC(=O)CSc1nncn1C(C)C)c1ccccc1. The van der Waals surface area contributed by atoms with Crippen LogP contribution in [0, 0.1) is 0 Å². The van der Waals surface area contributed by atoms with Crippen molar-refractivity contribution in [1.29, 1.82) is 0 Å². The number of carbonyl (C=O) groups is 1. The van der Waals surface area contributed by atoms with Gasteiger partial charge in [0.25, 0.3) is 0 Å². The van der Waals surface area contributed by atoms with E-state index in [1.807, 2.05) is 22.8 Å². The molecule has 0 saturated heterocycles. The minimum atomic E-state index is 0.0237. The highest BCUT2D eigenvalue weighted by Gasteiger charge is 2.15. The number of rotatable bonds is 8. The molecule has 0 aliphatic heterocycles. The van der Waals surface area contributed by atoms with Gasteiger partial charge in [0.2, 0.25) is 5.91 Å². The van der Waals surface area contributed by atoms with E-state index in [0.717, 1.165) is 23.6 Å². The number of aromatic nitrogens is 3. The number of hydrogen-bond donors (Lipinski definition) is 1. The van der Waals surface area contributed by atoms with Gasteiger partial charge < -0.3 is 9.88 Å². The molecule has 1 N–H and O–H groups in total. The fourth-order valence-corrected chi connectivity index (χ4v) is 3.21. The van der Waals surface area contributed by atoms with Gasteiger partial charge >= 0.3 is 0 Å². The van der Waals surface area contributed by atoms with Crippen molar-refractivity contribution in [3.8, 4) is 0 Å². The summed E-state index contributed by atoms with van der Waals surface area (Å²) in [5.74, 6) is 0.369. The molecule has 0 radical (unpaired) electrons. The van der Waals surface area contributed by atoms with Gasteiger partial charge in [-0.3, -0.25) is 4.79 Å². The quantitative estimate of drug-likeness (QED) is 0.750. The van der Waals surface area contributed by atoms with Crippen molar-refractivity contribution in [1.82, 2.24) is 20.1 Å². The first-order valence-corrected chi connectivity index (χ1v) is 8.97. The monoisotopic (exact) mass is 332 g/mol. The number of thioether (sulfide) groups is 1. The second kappa shape index (κ2) is 8.72. The van der Waals surface area contributed by atoms with Crippen LogP contribution in [0.4, 0.5) is 0 Å². The fraction of sp³-hybridized carbons (Fsp3) is 0.471. The van der Waals surface area contributed by atoms with Gasteiger partial charge in [0.05, 0.1) is 11.8 Å². The van der Waals surface area contributed by atoms with Crippen molar-refractivity contribution < 1.29 is 4.79 Å². The molecule has 2 rings (SSSR count). The zero-order valence-corrected chi connectivity index (χ0v) is 14.7. The van der Waals surface area contributed by atoms with Crippen LogP contribution >= 0.6 is 11.8 Å². The Morgan fingerprint density at radius 1 is 1.30 bits per heavy atom. The Bertz CT molecular complexity index is 612. The molecule has 2 aromatic rings. The van der Waals surface area contributed by atoms with Crippen molar-refractivity contribution >= 4 is 17.7 Å². The van der Waals surface area contributed by atoms with Crippen LogP contribution in [0.15, 0.2) is 41.8 Å². The lowest BCUT2D eigenvalue weighted by molar-refractivity contribution is -0.119. The summed E-state index contributed by atoms with van der Waals surface area (Å²) in [6, 6.07) is 10.5. The average Bonchev–Trinajstić information content (AvgIpc) is 3.02. The highest BCUT2D eigenvalue weighted by atomic mass is 32.2. The van der Waals surface area contributed by atoms with Gasteiger partial charge in [-0.25, -0.2) is 0 Å². The van der Waals surface area contributed by atoms with Crippen LogP contribution < -0.4 is 5.32 Å². The minimum Gasteiger partial charge on any atom is -0.349 e.